The van der Waals surface area contributed by atoms with E-state index in [4.69, 9.17) is 5.73 Å². The first kappa shape index (κ1) is 17.0. The van der Waals surface area contributed by atoms with Crippen molar-refractivity contribution in [1.29, 1.82) is 0 Å². The molecule has 3 rings (SSSR count). The molecule has 0 radical (unpaired) electrons. The van der Waals surface area contributed by atoms with Gasteiger partial charge in [-0.15, -0.1) is 0 Å². The van der Waals surface area contributed by atoms with Gasteiger partial charge < -0.3 is 11.1 Å². The zero-order valence-corrected chi connectivity index (χ0v) is 14.5. The van der Waals surface area contributed by atoms with Gasteiger partial charge in [-0.05, 0) is 41.3 Å². The number of nitrogen functional groups attached to an aromatic ring is 1. The Balaban J connectivity index is 1.76. The van der Waals surface area contributed by atoms with Crippen molar-refractivity contribution in [2.45, 2.75) is 13.0 Å². The van der Waals surface area contributed by atoms with Gasteiger partial charge in [-0.2, -0.15) is 0 Å². The molecule has 1 atom stereocenters. The molecule has 0 spiro atoms. The van der Waals surface area contributed by atoms with Crippen molar-refractivity contribution in [2.24, 2.45) is 0 Å². The molecule has 0 aliphatic rings. The van der Waals surface area contributed by atoms with Crippen LogP contribution in [-0.4, -0.2) is 6.54 Å². The smallest absolute Gasteiger partial charge is 0.0314 e. The molecule has 0 unspecified atom stereocenters. The Bertz CT molecular complexity index is 764. The first-order chi connectivity index (χ1) is 12.2. The van der Waals surface area contributed by atoms with Crippen LogP contribution in [0.15, 0.2) is 91.0 Å². The van der Waals surface area contributed by atoms with E-state index in [0.29, 0.717) is 0 Å². The molecule has 0 aromatic heterocycles. The van der Waals surface area contributed by atoms with Crippen molar-refractivity contribution >= 4 is 11.3 Å². The van der Waals surface area contributed by atoms with Gasteiger partial charge in [0, 0.05) is 18.3 Å². The molecule has 25 heavy (non-hydrogen) atoms. The van der Waals surface area contributed by atoms with Gasteiger partial charge >= 0.3 is 0 Å². The second-order valence-electron chi connectivity index (χ2n) is 6.15. The summed E-state index contributed by atoms with van der Waals surface area (Å²) < 4.78 is 0. The summed E-state index contributed by atoms with van der Waals surface area (Å²) in [6.45, 7) is 2.97. The highest BCUT2D eigenvalue weighted by Gasteiger charge is 2.06. The standard InChI is InChI=1S/C23H24N2/c1-18(19-12-14-22(24)15-13-19)25-17-16-23(20-8-4-2-5-9-20)21-10-6-3-7-11-21/h2-16,18,25H,17,24H2,1H3/t18-/m1/s1. The quantitative estimate of drug-likeness (QED) is 0.621. The van der Waals surface area contributed by atoms with Crippen LogP contribution in [0.1, 0.15) is 29.7 Å². The number of anilines is 1. The van der Waals surface area contributed by atoms with Crippen LogP contribution in [0, 0.1) is 0 Å². The Morgan fingerprint density at radius 3 is 1.88 bits per heavy atom. The third-order valence-electron chi connectivity index (χ3n) is 4.34. The molecule has 3 N–H and O–H groups in total. The Morgan fingerprint density at radius 2 is 1.36 bits per heavy atom. The fourth-order valence-electron chi connectivity index (χ4n) is 2.88. The van der Waals surface area contributed by atoms with Gasteiger partial charge in [0.25, 0.3) is 0 Å². The fourth-order valence-corrected chi connectivity index (χ4v) is 2.88. The molecule has 0 aliphatic heterocycles. The lowest BCUT2D eigenvalue weighted by Gasteiger charge is -2.14. The summed E-state index contributed by atoms with van der Waals surface area (Å²) in [5, 5.41) is 3.57. The van der Waals surface area contributed by atoms with Crippen LogP contribution in [0.5, 0.6) is 0 Å². The molecular formula is C23H24N2. The molecule has 3 aromatic rings. The zero-order valence-electron chi connectivity index (χ0n) is 14.5. The highest BCUT2D eigenvalue weighted by atomic mass is 14.9. The molecular weight excluding hydrogens is 304 g/mol. The second kappa shape index (κ2) is 8.32. The Hall–Kier alpha value is -2.84. The molecule has 0 aliphatic carbocycles. The van der Waals surface area contributed by atoms with Crippen molar-refractivity contribution in [2.75, 3.05) is 12.3 Å². The van der Waals surface area contributed by atoms with E-state index in [1.165, 1.54) is 22.3 Å². The van der Waals surface area contributed by atoms with Gasteiger partial charge in [0.05, 0.1) is 0 Å². The van der Waals surface area contributed by atoms with E-state index in [2.05, 4.69) is 79.0 Å². The normalized spacial score (nSPS) is 11.7. The number of hydrogen-bond acceptors (Lipinski definition) is 2. The topological polar surface area (TPSA) is 38.0 Å². The lowest BCUT2D eigenvalue weighted by Crippen LogP contribution is -2.18. The average Bonchev–Trinajstić information content (AvgIpc) is 2.67. The van der Waals surface area contributed by atoms with E-state index in [1.807, 2.05) is 24.3 Å². The maximum atomic E-state index is 5.77. The number of benzene rings is 3. The van der Waals surface area contributed by atoms with Crippen LogP contribution >= 0.6 is 0 Å². The van der Waals surface area contributed by atoms with Crippen molar-refractivity contribution in [3.63, 3.8) is 0 Å². The molecule has 0 saturated carbocycles. The molecule has 0 fully saturated rings. The van der Waals surface area contributed by atoms with Gasteiger partial charge in [-0.25, -0.2) is 0 Å². The maximum absolute atomic E-state index is 5.77. The monoisotopic (exact) mass is 328 g/mol. The summed E-state index contributed by atoms with van der Waals surface area (Å²) in [4.78, 5) is 0. The van der Waals surface area contributed by atoms with Crippen LogP contribution in [0.2, 0.25) is 0 Å². The van der Waals surface area contributed by atoms with Gasteiger partial charge in [-0.3, -0.25) is 0 Å². The molecule has 126 valence electrons. The predicted octanol–water partition coefficient (Wildman–Crippen LogP) is 5.05. The van der Waals surface area contributed by atoms with Gasteiger partial charge in [0.1, 0.15) is 0 Å². The van der Waals surface area contributed by atoms with Crippen molar-refractivity contribution in [1.82, 2.24) is 5.32 Å². The first-order valence-electron chi connectivity index (χ1n) is 8.64. The lowest BCUT2D eigenvalue weighted by molar-refractivity contribution is 0.618. The van der Waals surface area contributed by atoms with Crippen LogP contribution in [0.4, 0.5) is 5.69 Å². The van der Waals surface area contributed by atoms with Crippen LogP contribution in [0.25, 0.3) is 5.57 Å². The first-order valence-corrected chi connectivity index (χ1v) is 8.64. The molecule has 0 amide bonds. The summed E-state index contributed by atoms with van der Waals surface area (Å²) in [6, 6.07) is 29.4. The second-order valence-corrected chi connectivity index (χ2v) is 6.15. The summed E-state index contributed by atoms with van der Waals surface area (Å²) in [5.74, 6) is 0. The van der Waals surface area contributed by atoms with E-state index in [9.17, 15) is 0 Å². The van der Waals surface area contributed by atoms with E-state index in [1.54, 1.807) is 0 Å². The molecule has 0 saturated heterocycles. The number of hydrogen-bond donors (Lipinski definition) is 2. The minimum atomic E-state index is 0.268. The van der Waals surface area contributed by atoms with Gasteiger partial charge in [0.15, 0.2) is 0 Å². The van der Waals surface area contributed by atoms with E-state index < -0.39 is 0 Å². The number of rotatable bonds is 6. The largest absolute Gasteiger partial charge is 0.399 e. The summed E-state index contributed by atoms with van der Waals surface area (Å²) in [6.07, 6.45) is 2.26. The SMILES string of the molecule is C[C@@H](NCC=C(c1ccccc1)c1ccccc1)c1ccc(N)cc1. The molecule has 3 aromatic carbocycles. The van der Waals surface area contributed by atoms with Crippen molar-refractivity contribution in [3.05, 3.63) is 108 Å². The highest BCUT2D eigenvalue weighted by Crippen LogP contribution is 2.23. The van der Waals surface area contributed by atoms with Crippen LogP contribution in [-0.2, 0) is 0 Å². The lowest BCUT2D eigenvalue weighted by atomic mass is 9.97. The Kier molecular flexibility index (Phi) is 5.65. The predicted molar refractivity (Wildman–Crippen MR) is 107 cm³/mol. The maximum Gasteiger partial charge on any atom is 0.0314 e. The van der Waals surface area contributed by atoms with Crippen molar-refractivity contribution < 1.29 is 0 Å². The molecule has 2 nitrogen and oxygen atoms in total. The van der Waals surface area contributed by atoms with Crippen LogP contribution in [0.3, 0.4) is 0 Å². The summed E-state index contributed by atoms with van der Waals surface area (Å²) >= 11 is 0. The number of nitrogens with one attached hydrogen (secondary N) is 1. The Morgan fingerprint density at radius 1 is 0.840 bits per heavy atom. The van der Waals surface area contributed by atoms with E-state index in [0.717, 1.165) is 12.2 Å². The van der Waals surface area contributed by atoms with E-state index in [-0.39, 0.29) is 6.04 Å². The average molecular weight is 328 g/mol. The van der Waals surface area contributed by atoms with Crippen LogP contribution < -0.4 is 11.1 Å². The minimum absolute atomic E-state index is 0.268. The minimum Gasteiger partial charge on any atom is -0.399 e. The summed E-state index contributed by atoms with van der Waals surface area (Å²) in [5.41, 5.74) is 11.5. The van der Waals surface area contributed by atoms with Crippen molar-refractivity contribution in [3.8, 4) is 0 Å². The third-order valence-corrected chi connectivity index (χ3v) is 4.34. The third kappa shape index (κ3) is 4.59. The van der Waals surface area contributed by atoms with Gasteiger partial charge in [-0.1, -0.05) is 78.9 Å². The molecule has 0 bridgehead atoms. The van der Waals surface area contributed by atoms with E-state index >= 15 is 0 Å². The molecule has 0 heterocycles. The fraction of sp³-hybridized carbons (Fsp3) is 0.130. The summed E-state index contributed by atoms with van der Waals surface area (Å²) in [7, 11) is 0. The van der Waals surface area contributed by atoms with Gasteiger partial charge in [0.2, 0.25) is 0 Å². The zero-order chi connectivity index (χ0) is 17.5. The molecule has 2 heteroatoms. The highest BCUT2D eigenvalue weighted by molar-refractivity contribution is 5.79. The Labute approximate surface area is 150 Å². The number of nitrogens with two attached hydrogens (primary N) is 1.